The lowest BCUT2D eigenvalue weighted by Gasteiger charge is -2.44. The zero-order chi connectivity index (χ0) is 43.4. The molecule has 316 valence electrons. The first kappa shape index (κ1) is 42.7. The molecule has 0 atom stereocenters. The Balaban J connectivity index is 0.000000189. The number of nitrogens with one attached hydrogen (secondary N) is 1. The number of primary amides is 2. The standard InChI is InChI=1S/C23H25FN6O3S.C18H17FN6OS/c1-22(2,3)33-21(32)30(13-23(9-5-10-23)18-14(24)6-4-11-26-18)17-8-7-15(28-29-17)20-27-12-16(34-20)19(25)31;19-11-3-1-8-21-15(11)18(6-2-7-18)10-23-14-5-4-12(24-25-14)17-22-9-13(27-17)16(20)26/h4,6-8,11-12H,5,9-10,13H2,1-3H3,(H2,25,31);1,3-5,8-9H,2,6-7,10H2,(H2,20,26)(H,23,25). The summed E-state index contributed by atoms with van der Waals surface area (Å²) in [4.78, 5) is 54.6. The van der Waals surface area contributed by atoms with Gasteiger partial charge in [0.05, 0.1) is 23.8 Å². The third kappa shape index (κ3) is 9.65. The predicted octanol–water partition coefficient (Wildman–Crippen LogP) is 6.86. The van der Waals surface area contributed by atoms with Crippen LogP contribution in [0.2, 0.25) is 0 Å². The van der Waals surface area contributed by atoms with E-state index in [9.17, 15) is 23.2 Å². The molecule has 6 aromatic rings. The monoisotopic (exact) mass is 868 g/mol. The fourth-order valence-electron chi connectivity index (χ4n) is 6.98. The van der Waals surface area contributed by atoms with E-state index in [0.29, 0.717) is 67.7 Å². The number of rotatable bonds is 12. The van der Waals surface area contributed by atoms with Crippen molar-refractivity contribution in [3.05, 3.63) is 106 Å². The number of thiazole rings is 2. The van der Waals surface area contributed by atoms with Crippen molar-refractivity contribution in [2.45, 2.75) is 75.7 Å². The van der Waals surface area contributed by atoms with Crippen LogP contribution in [-0.4, -0.2) is 76.9 Å². The maximum absolute atomic E-state index is 14.7. The first-order valence-electron chi connectivity index (χ1n) is 19.3. The summed E-state index contributed by atoms with van der Waals surface area (Å²) in [5.41, 5.74) is 10.7. The van der Waals surface area contributed by atoms with Gasteiger partial charge in [0.2, 0.25) is 0 Å². The fourth-order valence-corrected chi connectivity index (χ4v) is 8.45. The number of carbonyl (C=O) groups excluding carboxylic acids is 3. The van der Waals surface area contributed by atoms with Crippen LogP contribution in [0.4, 0.5) is 25.2 Å². The third-order valence-electron chi connectivity index (χ3n) is 10.4. The van der Waals surface area contributed by atoms with Crippen LogP contribution in [0.5, 0.6) is 0 Å². The SMILES string of the molecule is CC(C)(C)OC(=O)N(CC1(c2ncccc2F)CCC1)c1ccc(-c2ncc(C(N)=O)s2)nn1.NC(=O)c1cnc(-c2ccc(NCC3(c4ncccc4F)CCC3)nn2)s1. The summed E-state index contributed by atoms with van der Waals surface area (Å²) in [5.74, 6) is -0.911. The molecular weight excluding hydrogens is 827 g/mol. The van der Waals surface area contributed by atoms with Crippen molar-refractivity contribution in [3.8, 4) is 21.4 Å². The van der Waals surface area contributed by atoms with Gasteiger partial charge in [0.15, 0.2) is 5.82 Å². The summed E-state index contributed by atoms with van der Waals surface area (Å²) in [6.45, 7) is 6.00. The van der Waals surface area contributed by atoms with Crippen LogP contribution >= 0.6 is 22.7 Å². The maximum atomic E-state index is 14.7. The lowest BCUT2D eigenvalue weighted by molar-refractivity contribution is 0.0557. The van der Waals surface area contributed by atoms with E-state index in [2.05, 4.69) is 45.6 Å². The average molecular weight is 869 g/mol. The highest BCUT2D eigenvalue weighted by Crippen LogP contribution is 2.46. The van der Waals surface area contributed by atoms with Crippen LogP contribution in [0.25, 0.3) is 21.4 Å². The summed E-state index contributed by atoms with van der Waals surface area (Å²) in [6.07, 6.45) is 10.5. The van der Waals surface area contributed by atoms with Gasteiger partial charge >= 0.3 is 6.09 Å². The number of anilines is 2. The zero-order valence-electron chi connectivity index (χ0n) is 33.5. The first-order valence-corrected chi connectivity index (χ1v) is 20.9. The van der Waals surface area contributed by atoms with Crippen molar-refractivity contribution in [1.82, 2.24) is 40.3 Å². The molecule has 0 aromatic carbocycles. The Bertz CT molecular complexity index is 2520. The van der Waals surface area contributed by atoms with E-state index in [1.165, 1.54) is 40.8 Å². The minimum Gasteiger partial charge on any atom is -0.443 e. The number of hydrogen-bond acceptors (Lipinski definition) is 15. The second-order valence-electron chi connectivity index (χ2n) is 15.7. The second kappa shape index (κ2) is 17.7. The molecule has 0 aliphatic heterocycles. The van der Waals surface area contributed by atoms with Crippen LogP contribution in [0, 0.1) is 11.6 Å². The molecule has 0 radical (unpaired) electrons. The van der Waals surface area contributed by atoms with Gasteiger partial charge < -0.3 is 21.5 Å². The summed E-state index contributed by atoms with van der Waals surface area (Å²) < 4.78 is 34.5. The maximum Gasteiger partial charge on any atom is 0.416 e. The lowest BCUT2D eigenvalue weighted by atomic mass is 9.66. The number of pyridine rings is 2. The quantitative estimate of drug-likeness (QED) is 0.114. The number of hydrogen-bond donors (Lipinski definition) is 3. The molecule has 8 rings (SSSR count). The molecule has 6 heterocycles. The minimum absolute atomic E-state index is 0.146. The van der Waals surface area contributed by atoms with Gasteiger partial charge in [-0.2, -0.15) is 0 Å². The normalized spacial score (nSPS) is 15.0. The average Bonchev–Trinajstić information content (AvgIpc) is 3.91. The van der Waals surface area contributed by atoms with Gasteiger partial charge in [-0.05, 0) is 95.0 Å². The smallest absolute Gasteiger partial charge is 0.416 e. The molecule has 0 spiro atoms. The number of ether oxygens (including phenoxy) is 1. The molecule has 61 heavy (non-hydrogen) atoms. The van der Waals surface area contributed by atoms with Crippen molar-refractivity contribution in [2.75, 3.05) is 23.3 Å². The van der Waals surface area contributed by atoms with Gasteiger partial charge in [0.1, 0.15) is 54.2 Å². The molecule has 3 amide bonds. The second-order valence-corrected chi connectivity index (χ2v) is 17.8. The molecule has 0 bridgehead atoms. The predicted molar refractivity (Wildman–Crippen MR) is 225 cm³/mol. The highest BCUT2D eigenvalue weighted by molar-refractivity contribution is 7.17. The molecule has 5 N–H and O–H groups in total. The number of amides is 3. The Morgan fingerprint density at radius 3 is 1.67 bits per heavy atom. The van der Waals surface area contributed by atoms with Crippen molar-refractivity contribution >= 4 is 52.2 Å². The van der Waals surface area contributed by atoms with Gasteiger partial charge in [-0.15, -0.1) is 43.1 Å². The van der Waals surface area contributed by atoms with E-state index in [-0.39, 0.29) is 23.6 Å². The molecule has 16 nitrogen and oxygen atoms in total. The van der Waals surface area contributed by atoms with E-state index in [4.69, 9.17) is 16.2 Å². The van der Waals surface area contributed by atoms with Crippen molar-refractivity contribution in [2.24, 2.45) is 11.5 Å². The fraction of sp³-hybridized carbons (Fsp3) is 0.341. The summed E-state index contributed by atoms with van der Waals surface area (Å²) >= 11 is 2.27. The topological polar surface area (TPSA) is 231 Å². The molecule has 2 aliphatic carbocycles. The van der Waals surface area contributed by atoms with Crippen molar-refractivity contribution in [1.29, 1.82) is 0 Å². The molecule has 2 saturated carbocycles. The molecule has 6 aromatic heterocycles. The first-order chi connectivity index (χ1) is 29.2. The van der Waals surface area contributed by atoms with Crippen LogP contribution in [-0.2, 0) is 15.6 Å². The van der Waals surface area contributed by atoms with Crippen LogP contribution in [0.15, 0.2) is 73.3 Å². The third-order valence-corrected chi connectivity index (χ3v) is 12.4. The molecule has 0 saturated heterocycles. The van der Waals surface area contributed by atoms with Crippen molar-refractivity contribution < 1.29 is 27.9 Å². The highest BCUT2D eigenvalue weighted by atomic mass is 32.1. The highest BCUT2D eigenvalue weighted by Gasteiger charge is 2.46. The van der Waals surface area contributed by atoms with Crippen molar-refractivity contribution in [3.63, 3.8) is 0 Å². The van der Waals surface area contributed by atoms with E-state index >= 15 is 0 Å². The van der Waals surface area contributed by atoms with E-state index in [0.717, 1.165) is 37.0 Å². The van der Waals surface area contributed by atoms with E-state index in [1.54, 1.807) is 69.6 Å². The summed E-state index contributed by atoms with van der Waals surface area (Å²) in [5, 5.41) is 21.0. The molecule has 20 heteroatoms. The Kier molecular flexibility index (Phi) is 12.4. The molecule has 0 unspecified atom stereocenters. The number of aromatic nitrogens is 8. The van der Waals surface area contributed by atoms with Gasteiger partial charge in [-0.1, -0.05) is 12.8 Å². The van der Waals surface area contributed by atoms with Gasteiger partial charge in [-0.25, -0.2) is 23.5 Å². The molecule has 2 fully saturated rings. The van der Waals surface area contributed by atoms with Crippen LogP contribution < -0.4 is 21.7 Å². The number of nitrogens with two attached hydrogens (primary N) is 2. The lowest BCUT2D eigenvalue weighted by Crippen LogP contribution is -2.50. The number of halogens is 2. The summed E-state index contributed by atoms with van der Waals surface area (Å²) in [7, 11) is 0. The Morgan fingerprint density at radius 1 is 0.738 bits per heavy atom. The van der Waals surface area contributed by atoms with Gasteiger partial charge in [-0.3, -0.25) is 24.5 Å². The van der Waals surface area contributed by atoms with Gasteiger partial charge in [0.25, 0.3) is 11.8 Å². The Morgan fingerprint density at radius 2 is 1.26 bits per heavy atom. The molecular formula is C41H42F2N12O4S2. The van der Waals surface area contributed by atoms with E-state index < -0.39 is 34.7 Å². The van der Waals surface area contributed by atoms with Gasteiger partial charge in [0, 0.05) is 36.3 Å². The Labute approximate surface area is 357 Å². The Hall–Kier alpha value is -6.41. The zero-order valence-corrected chi connectivity index (χ0v) is 35.1. The van der Waals surface area contributed by atoms with Crippen LogP contribution in [0.3, 0.4) is 0 Å². The largest absolute Gasteiger partial charge is 0.443 e. The number of carbonyl (C=O) groups is 3. The summed E-state index contributed by atoms with van der Waals surface area (Å²) in [6, 6.07) is 12.8. The minimum atomic E-state index is -0.738. The van der Waals surface area contributed by atoms with Crippen LogP contribution in [0.1, 0.15) is 90.0 Å². The molecule has 2 aliphatic rings. The van der Waals surface area contributed by atoms with E-state index in [1.807, 2.05) is 0 Å². The number of nitrogens with zero attached hydrogens (tertiary/aromatic N) is 9.